The number of nitrogens with one attached hydrogen (secondary N) is 1. The first kappa shape index (κ1) is 13.5. The Morgan fingerprint density at radius 1 is 1.24 bits per heavy atom. The average molecular weight is 284 g/mol. The van der Waals surface area contributed by atoms with E-state index in [9.17, 15) is 0 Å². The van der Waals surface area contributed by atoms with E-state index in [0.29, 0.717) is 11.7 Å². The quantitative estimate of drug-likeness (QED) is 0.786. The van der Waals surface area contributed by atoms with Crippen molar-refractivity contribution >= 4 is 11.4 Å². The van der Waals surface area contributed by atoms with Crippen LogP contribution in [0.5, 0.6) is 0 Å². The van der Waals surface area contributed by atoms with E-state index in [1.807, 2.05) is 0 Å². The van der Waals surface area contributed by atoms with Crippen molar-refractivity contribution < 1.29 is 0 Å². The molecule has 4 atom stereocenters. The molecule has 1 aromatic carbocycles. The van der Waals surface area contributed by atoms with Crippen molar-refractivity contribution in [3.63, 3.8) is 0 Å². The van der Waals surface area contributed by atoms with Gasteiger partial charge in [0, 0.05) is 5.54 Å². The topological polar surface area (TPSA) is 15.3 Å². The van der Waals surface area contributed by atoms with Crippen molar-refractivity contribution in [1.29, 1.82) is 0 Å². The fraction of sp³-hybridized carbons (Fsp3) is 0.684. The van der Waals surface area contributed by atoms with E-state index in [0.717, 1.165) is 11.8 Å². The fourth-order valence-electron chi connectivity index (χ4n) is 5.61. The zero-order valence-electron chi connectivity index (χ0n) is 13.7. The Labute approximate surface area is 128 Å². The molecule has 2 heteroatoms. The highest BCUT2D eigenvalue weighted by atomic mass is 15.4. The van der Waals surface area contributed by atoms with E-state index >= 15 is 0 Å². The minimum absolute atomic E-state index is 0.410. The molecule has 2 aliphatic carbocycles. The molecule has 21 heavy (non-hydrogen) atoms. The Morgan fingerprint density at radius 2 is 2.10 bits per heavy atom. The first-order valence-corrected chi connectivity index (χ1v) is 8.74. The molecular weight excluding hydrogens is 256 g/mol. The summed E-state index contributed by atoms with van der Waals surface area (Å²) in [5.41, 5.74) is 4.56. The Hall–Kier alpha value is -1.18. The van der Waals surface area contributed by atoms with Crippen LogP contribution in [0.1, 0.15) is 57.9 Å². The SMILES string of the molecule is Cc1ccc2c(c1)NC(C)N2C12CCCC(CC(C)C1)C2. The van der Waals surface area contributed by atoms with Gasteiger partial charge in [-0.2, -0.15) is 0 Å². The first-order chi connectivity index (χ1) is 10.1. The number of nitrogens with zero attached hydrogens (tertiary/aromatic N) is 1. The molecule has 114 valence electrons. The van der Waals surface area contributed by atoms with E-state index < -0.39 is 0 Å². The third-order valence-corrected chi connectivity index (χ3v) is 6.06. The maximum Gasteiger partial charge on any atom is 0.0967 e. The van der Waals surface area contributed by atoms with Gasteiger partial charge in [-0.1, -0.05) is 25.8 Å². The summed E-state index contributed by atoms with van der Waals surface area (Å²) in [6.07, 6.45) is 8.95. The normalized spacial score (nSPS) is 38.0. The van der Waals surface area contributed by atoms with Crippen LogP contribution >= 0.6 is 0 Å². The summed E-state index contributed by atoms with van der Waals surface area (Å²) in [6.45, 7) is 7.00. The van der Waals surface area contributed by atoms with Crippen LogP contribution < -0.4 is 10.2 Å². The molecule has 0 saturated heterocycles. The molecule has 3 aliphatic rings. The van der Waals surface area contributed by atoms with Gasteiger partial charge < -0.3 is 10.2 Å². The van der Waals surface area contributed by atoms with Crippen molar-refractivity contribution in [2.45, 2.75) is 71.0 Å². The molecule has 4 rings (SSSR count). The third-order valence-electron chi connectivity index (χ3n) is 6.06. The van der Waals surface area contributed by atoms with E-state index in [-0.39, 0.29) is 0 Å². The Kier molecular flexibility index (Phi) is 2.99. The molecule has 2 saturated carbocycles. The maximum atomic E-state index is 3.72. The van der Waals surface area contributed by atoms with Gasteiger partial charge in [-0.25, -0.2) is 0 Å². The third kappa shape index (κ3) is 2.06. The highest BCUT2D eigenvalue weighted by molar-refractivity contribution is 5.77. The lowest BCUT2D eigenvalue weighted by molar-refractivity contribution is 0.104. The zero-order chi connectivity index (χ0) is 14.6. The van der Waals surface area contributed by atoms with Gasteiger partial charge in [-0.15, -0.1) is 0 Å². The molecule has 2 fully saturated rings. The summed E-state index contributed by atoms with van der Waals surface area (Å²) in [5, 5.41) is 3.72. The summed E-state index contributed by atoms with van der Waals surface area (Å²) < 4.78 is 0. The second-order valence-corrected chi connectivity index (χ2v) is 7.94. The van der Waals surface area contributed by atoms with Gasteiger partial charge in [-0.05, 0) is 69.1 Å². The minimum Gasteiger partial charge on any atom is -0.364 e. The van der Waals surface area contributed by atoms with Crippen LogP contribution in [-0.4, -0.2) is 11.7 Å². The minimum atomic E-state index is 0.410. The average Bonchev–Trinajstić information content (AvgIpc) is 2.73. The lowest BCUT2D eigenvalue weighted by Crippen LogP contribution is -2.58. The van der Waals surface area contributed by atoms with Gasteiger partial charge in [0.15, 0.2) is 0 Å². The maximum absolute atomic E-state index is 3.72. The molecule has 4 unspecified atom stereocenters. The van der Waals surface area contributed by atoms with Crippen LogP contribution in [0.25, 0.3) is 0 Å². The number of hydrogen-bond donors (Lipinski definition) is 1. The Bertz CT molecular complexity index is 548. The molecule has 1 N–H and O–H groups in total. The van der Waals surface area contributed by atoms with Gasteiger partial charge in [0.25, 0.3) is 0 Å². The summed E-state index contributed by atoms with van der Waals surface area (Å²) in [6, 6.07) is 6.93. The molecule has 1 aliphatic heterocycles. The second kappa shape index (κ2) is 4.66. The first-order valence-electron chi connectivity index (χ1n) is 8.74. The Morgan fingerprint density at radius 3 is 2.95 bits per heavy atom. The van der Waals surface area contributed by atoms with Gasteiger partial charge in [-0.3, -0.25) is 0 Å². The van der Waals surface area contributed by atoms with Crippen LogP contribution in [0.15, 0.2) is 18.2 Å². The Balaban J connectivity index is 1.75. The van der Waals surface area contributed by atoms with E-state index in [1.165, 1.54) is 55.5 Å². The van der Waals surface area contributed by atoms with Gasteiger partial charge >= 0.3 is 0 Å². The van der Waals surface area contributed by atoms with Crippen molar-refractivity contribution in [3.8, 4) is 0 Å². The van der Waals surface area contributed by atoms with Crippen LogP contribution in [0.2, 0.25) is 0 Å². The number of rotatable bonds is 1. The van der Waals surface area contributed by atoms with Crippen molar-refractivity contribution in [2.24, 2.45) is 11.8 Å². The molecular formula is C19H28N2. The lowest BCUT2D eigenvalue weighted by Gasteiger charge is -2.54. The molecule has 2 bridgehead atoms. The predicted octanol–water partition coefficient (Wildman–Crippen LogP) is 4.93. The molecule has 1 aromatic rings. The zero-order valence-corrected chi connectivity index (χ0v) is 13.7. The van der Waals surface area contributed by atoms with Crippen LogP contribution in [0, 0.1) is 18.8 Å². The number of anilines is 2. The van der Waals surface area contributed by atoms with Crippen LogP contribution in [-0.2, 0) is 0 Å². The van der Waals surface area contributed by atoms with Gasteiger partial charge in [0.05, 0.1) is 17.5 Å². The summed E-state index contributed by atoms with van der Waals surface area (Å²) in [7, 11) is 0. The van der Waals surface area contributed by atoms with Crippen molar-refractivity contribution in [3.05, 3.63) is 23.8 Å². The number of fused-ring (bicyclic) bond motifs is 3. The number of benzene rings is 1. The highest BCUT2D eigenvalue weighted by Gasteiger charge is 2.49. The van der Waals surface area contributed by atoms with Crippen molar-refractivity contribution in [1.82, 2.24) is 0 Å². The second-order valence-electron chi connectivity index (χ2n) is 7.94. The summed E-state index contributed by atoms with van der Waals surface area (Å²) in [4.78, 5) is 2.75. The summed E-state index contributed by atoms with van der Waals surface area (Å²) >= 11 is 0. The lowest BCUT2D eigenvalue weighted by atomic mass is 9.63. The number of hydrogen-bond acceptors (Lipinski definition) is 2. The van der Waals surface area contributed by atoms with Crippen LogP contribution in [0.3, 0.4) is 0 Å². The highest BCUT2D eigenvalue weighted by Crippen LogP contribution is 2.53. The van der Waals surface area contributed by atoms with Gasteiger partial charge in [0.1, 0.15) is 0 Å². The van der Waals surface area contributed by atoms with E-state index in [2.05, 4.69) is 49.2 Å². The van der Waals surface area contributed by atoms with E-state index in [1.54, 1.807) is 0 Å². The molecule has 1 heterocycles. The van der Waals surface area contributed by atoms with E-state index in [4.69, 9.17) is 0 Å². The molecule has 2 nitrogen and oxygen atoms in total. The monoisotopic (exact) mass is 284 g/mol. The fourth-order valence-corrected chi connectivity index (χ4v) is 5.61. The van der Waals surface area contributed by atoms with Crippen molar-refractivity contribution in [2.75, 3.05) is 10.2 Å². The standard InChI is InChI=1S/C19H28N2/c1-13-6-7-18-17(10-13)20-15(3)21(18)19-8-4-5-16(12-19)9-14(2)11-19/h6-7,10,14-16,20H,4-5,8-9,11-12H2,1-3H3. The number of aryl methyl sites for hydroxylation is 1. The predicted molar refractivity (Wildman–Crippen MR) is 89.8 cm³/mol. The smallest absolute Gasteiger partial charge is 0.0967 e. The van der Waals surface area contributed by atoms with Gasteiger partial charge in [0.2, 0.25) is 0 Å². The molecule has 0 spiro atoms. The molecule has 0 amide bonds. The molecule has 0 radical (unpaired) electrons. The molecule has 0 aromatic heterocycles. The largest absolute Gasteiger partial charge is 0.364 e. The van der Waals surface area contributed by atoms with Crippen LogP contribution in [0.4, 0.5) is 11.4 Å². The summed E-state index contributed by atoms with van der Waals surface area (Å²) in [5.74, 6) is 1.84.